The van der Waals surface area contributed by atoms with Gasteiger partial charge in [-0.05, 0) is 38.0 Å². The van der Waals surface area contributed by atoms with Gasteiger partial charge < -0.3 is 10.5 Å². The highest BCUT2D eigenvalue weighted by Crippen LogP contribution is 2.23. The summed E-state index contributed by atoms with van der Waals surface area (Å²) < 4.78 is 7.10. The van der Waals surface area contributed by atoms with E-state index in [4.69, 9.17) is 10.5 Å². The van der Waals surface area contributed by atoms with E-state index in [1.54, 1.807) is 18.9 Å². The number of nitrogen functional groups attached to an aromatic ring is 1. The van der Waals surface area contributed by atoms with Gasteiger partial charge in [0.2, 0.25) is 5.95 Å². The lowest BCUT2D eigenvalue weighted by Crippen LogP contribution is -2.07. The van der Waals surface area contributed by atoms with Crippen LogP contribution in [-0.4, -0.2) is 27.6 Å². The Labute approximate surface area is 123 Å². The van der Waals surface area contributed by atoms with E-state index in [-0.39, 0.29) is 6.04 Å². The number of ether oxygens (including phenoxy) is 1. The molecule has 0 radical (unpaired) electrons. The zero-order chi connectivity index (χ0) is 14.5. The van der Waals surface area contributed by atoms with E-state index in [1.165, 1.54) is 5.56 Å². The molecule has 0 aliphatic rings. The summed E-state index contributed by atoms with van der Waals surface area (Å²) in [6.45, 7) is 4.15. The third kappa shape index (κ3) is 3.45. The smallest absolute Gasteiger partial charge is 0.222 e. The molecule has 6 heteroatoms. The summed E-state index contributed by atoms with van der Waals surface area (Å²) in [5.41, 5.74) is 7.10. The van der Waals surface area contributed by atoms with Crippen LogP contribution in [-0.2, 0) is 6.42 Å². The van der Waals surface area contributed by atoms with Crippen LogP contribution in [0.5, 0.6) is 5.75 Å². The highest BCUT2D eigenvalue weighted by molar-refractivity contribution is 7.99. The second-order valence-corrected chi connectivity index (χ2v) is 5.81. The van der Waals surface area contributed by atoms with Crippen molar-refractivity contribution < 1.29 is 4.74 Å². The predicted molar refractivity (Wildman–Crippen MR) is 82.2 cm³/mol. The van der Waals surface area contributed by atoms with Gasteiger partial charge in [0.15, 0.2) is 5.16 Å². The van der Waals surface area contributed by atoms with Crippen LogP contribution in [0.1, 0.15) is 25.5 Å². The highest BCUT2D eigenvalue weighted by Gasteiger charge is 2.12. The van der Waals surface area contributed by atoms with Crippen molar-refractivity contribution in [3.05, 3.63) is 29.8 Å². The van der Waals surface area contributed by atoms with Crippen molar-refractivity contribution in [2.24, 2.45) is 0 Å². The molecule has 0 fully saturated rings. The summed E-state index contributed by atoms with van der Waals surface area (Å²) in [6.07, 6.45) is 0.972. The molecule has 0 saturated heterocycles. The lowest BCUT2D eigenvalue weighted by atomic mass is 10.2. The molecule has 0 aliphatic carbocycles. The Bertz CT molecular complexity index is 551. The SMILES string of the molecule is COc1ccc(CCSc2nnc(N)n2C(C)C)cc1. The first kappa shape index (κ1) is 14.7. The molecule has 0 bridgehead atoms. The highest BCUT2D eigenvalue weighted by atomic mass is 32.2. The van der Waals surface area contributed by atoms with Crippen molar-refractivity contribution in [1.82, 2.24) is 14.8 Å². The van der Waals surface area contributed by atoms with E-state index in [1.807, 2.05) is 16.7 Å². The van der Waals surface area contributed by atoms with Gasteiger partial charge in [-0.3, -0.25) is 4.57 Å². The van der Waals surface area contributed by atoms with Gasteiger partial charge in [0.25, 0.3) is 0 Å². The summed E-state index contributed by atoms with van der Waals surface area (Å²) in [5, 5.41) is 8.95. The zero-order valence-corrected chi connectivity index (χ0v) is 12.9. The number of methoxy groups -OCH3 is 1. The molecule has 0 saturated carbocycles. The fraction of sp³-hybridized carbons (Fsp3) is 0.429. The average molecular weight is 292 g/mol. The number of nitrogens with zero attached hydrogens (tertiary/aromatic N) is 3. The van der Waals surface area contributed by atoms with Gasteiger partial charge in [-0.25, -0.2) is 0 Å². The number of nitrogens with two attached hydrogens (primary N) is 1. The molecule has 2 rings (SSSR count). The Morgan fingerprint density at radius 1 is 1.25 bits per heavy atom. The molecule has 2 N–H and O–H groups in total. The number of benzene rings is 1. The first-order chi connectivity index (χ1) is 9.61. The van der Waals surface area contributed by atoms with E-state index < -0.39 is 0 Å². The van der Waals surface area contributed by atoms with E-state index >= 15 is 0 Å². The van der Waals surface area contributed by atoms with Crippen LogP contribution < -0.4 is 10.5 Å². The van der Waals surface area contributed by atoms with E-state index in [0.717, 1.165) is 23.1 Å². The fourth-order valence-corrected chi connectivity index (χ4v) is 2.99. The second-order valence-electron chi connectivity index (χ2n) is 4.75. The van der Waals surface area contributed by atoms with Crippen LogP contribution in [0.3, 0.4) is 0 Å². The van der Waals surface area contributed by atoms with Gasteiger partial charge in [0.1, 0.15) is 5.75 Å². The molecule has 0 aliphatic heterocycles. The molecule has 1 heterocycles. The Balaban J connectivity index is 1.92. The number of hydrogen-bond acceptors (Lipinski definition) is 5. The van der Waals surface area contributed by atoms with Crippen LogP contribution in [0.2, 0.25) is 0 Å². The molecule has 2 aromatic rings. The number of hydrogen-bond donors (Lipinski definition) is 1. The minimum Gasteiger partial charge on any atom is -0.497 e. The molecule has 0 amide bonds. The van der Waals surface area contributed by atoms with Crippen LogP contribution in [0, 0.1) is 0 Å². The summed E-state index contributed by atoms with van der Waals surface area (Å²) >= 11 is 1.68. The van der Waals surface area contributed by atoms with Gasteiger partial charge in [-0.2, -0.15) is 0 Å². The van der Waals surface area contributed by atoms with Crippen molar-refractivity contribution in [3.8, 4) is 5.75 Å². The number of aromatic nitrogens is 3. The molecule has 108 valence electrons. The van der Waals surface area contributed by atoms with Crippen LogP contribution in [0.15, 0.2) is 29.4 Å². The van der Waals surface area contributed by atoms with Crippen LogP contribution in [0.4, 0.5) is 5.95 Å². The maximum atomic E-state index is 5.82. The molecule has 5 nitrogen and oxygen atoms in total. The maximum Gasteiger partial charge on any atom is 0.222 e. The van der Waals surface area contributed by atoms with E-state index in [9.17, 15) is 0 Å². The quantitative estimate of drug-likeness (QED) is 0.829. The van der Waals surface area contributed by atoms with Crippen molar-refractivity contribution >= 4 is 17.7 Å². The Kier molecular flexibility index (Phi) is 4.89. The largest absolute Gasteiger partial charge is 0.497 e. The van der Waals surface area contributed by atoms with Crippen molar-refractivity contribution in [1.29, 1.82) is 0 Å². The Morgan fingerprint density at radius 3 is 2.55 bits per heavy atom. The van der Waals surface area contributed by atoms with Gasteiger partial charge in [-0.1, -0.05) is 23.9 Å². The molecular weight excluding hydrogens is 272 g/mol. The number of rotatable bonds is 6. The van der Waals surface area contributed by atoms with E-state index in [2.05, 4.69) is 36.2 Å². The first-order valence-corrected chi connectivity index (χ1v) is 7.56. The summed E-state index contributed by atoms with van der Waals surface area (Å²) in [5.74, 6) is 2.30. The van der Waals surface area contributed by atoms with Gasteiger partial charge in [-0.15, -0.1) is 10.2 Å². The van der Waals surface area contributed by atoms with Gasteiger partial charge in [0, 0.05) is 11.8 Å². The molecule has 0 spiro atoms. The fourth-order valence-electron chi connectivity index (χ4n) is 1.92. The molecule has 0 unspecified atom stereocenters. The van der Waals surface area contributed by atoms with Crippen LogP contribution >= 0.6 is 11.8 Å². The topological polar surface area (TPSA) is 66.0 Å². The van der Waals surface area contributed by atoms with Crippen molar-refractivity contribution in [2.75, 3.05) is 18.6 Å². The van der Waals surface area contributed by atoms with Crippen molar-refractivity contribution in [3.63, 3.8) is 0 Å². The summed E-state index contributed by atoms with van der Waals surface area (Å²) in [4.78, 5) is 0. The molecular formula is C14H20N4OS. The molecule has 1 aromatic heterocycles. The Hall–Kier alpha value is -1.69. The minimum atomic E-state index is 0.272. The third-order valence-electron chi connectivity index (χ3n) is 2.99. The molecule has 20 heavy (non-hydrogen) atoms. The molecule has 1 aromatic carbocycles. The normalized spacial score (nSPS) is 11.0. The number of anilines is 1. The lowest BCUT2D eigenvalue weighted by Gasteiger charge is -2.11. The molecule has 0 atom stereocenters. The summed E-state index contributed by atoms with van der Waals surface area (Å²) in [6, 6.07) is 8.40. The van der Waals surface area contributed by atoms with Gasteiger partial charge >= 0.3 is 0 Å². The first-order valence-electron chi connectivity index (χ1n) is 6.58. The van der Waals surface area contributed by atoms with Gasteiger partial charge in [0.05, 0.1) is 7.11 Å². The van der Waals surface area contributed by atoms with Crippen molar-refractivity contribution in [2.45, 2.75) is 31.5 Å². The minimum absolute atomic E-state index is 0.272. The Morgan fingerprint density at radius 2 is 1.95 bits per heavy atom. The summed E-state index contributed by atoms with van der Waals surface area (Å²) in [7, 11) is 1.67. The van der Waals surface area contributed by atoms with E-state index in [0.29, 0.717) is 5.95 Å². The number of aryl methyl sites for hydroxylation is 1. The van der Waals surface area contributed by atoms with Crippen LogP contribution in [0.25, 0.3) is 0 Å². The number of thioether (sulfide) groups is 1. The maximum absolute atomic E-state index is 5.82. The zero-order valence-electron chi connectivity index (χ0n) is 12.0. The standard InChI is InChI=1S/C14H20N4OS/c1-10(2)18-13(15)16-17-14(18)20-9-8-11-4-6-12(19-3)7-5-11/h4-7,10H,8-9H2,1-3H3,(H2,15,16). The second kappa shape index (κ2) is 6.65. The monoisotopic (exact) mass is 292 g/mol. The lowest BCUT2D eigenvalue weighted by molar-refractivity contribution is 0.414. The third-order valence-corrected chi connectivity index (χ3v) is 3.93. The average Bonchev–Trinajstić information content (AvgIpc) is 2.81. The predicted octanol–water partition coefficient (Wildman–Crippen LogP) is 2.78.